The molecule has 1 atom stereocenters. The Morgan fingerprint density at radius 1 is 1.36 bits per heavy atom. The van der Waals surface area contributed by atoms with Crippen LogP contribution in [0.3, 0.4) is 0 Å². The van der Waals surface area contributed by atoms with E-state index >= 15 is 0 Å². The van der Waals surface area contributed by atoms with Crippen LogP contribution < -0.4 is 0 Å². The maximum atomic E-state index is 10.2. The van der Waals surface area contributed by atoms with Gasteiger partial charge in [-0.05, 0) is 17.5 Å². The van der Waals surface area contributed by atoms with Gasteiger partial charge in [0.05, 0.1) is 0 Å². The first-order valence-corrected chi connectivity index (χ1v) is 4.51. The topological polar surface area (TPSA) is 49.8 Å². The Balaban J connectivity index is -0.000000333. The monoisotopic (exact) mass is 206 g/mol. The maximum absolute atomic E-state index is 10.2. The summed E-state index contributed by atoms with van der Waals surface area (Å²) in [5.74, 6) is 0. The van der Waals surface area contributed by atoms with Crippen LogP contribution in [0.5, 0.6) is 0 Å². The molecule has 0 amide bonds. The molecule has 0 aromatic rings. The molecule has 1 N–H and O–H groups in total. The van der Waals surface area contributed by atoms with Gasteiger partial charge in [-0.15, -0.1) is 9.96 Å². The zero-order chi connectivity index (χ0) is 7.40. The molecule has 0 aromatic carbocycles. The maximum Gasteiger partial charge on any atom is 2.00 e. The Morgan fingerprint density at radius 2 is 1.91 bits per heavy atom. The molecule has 62 valence electrons. The van der Waals surface area contributed by atoms with Crippen LogP contribution in [-0.2, 0) is 9.19 Å². The summed E-state index contributed by atoms with van der Waals surface area (Å²) in [6.07, 6.45) is 3.31. The molecule has 1 heterocycles. The fourth-order valence-electron chi connectivity index (χ4n) is 1.05. The van der Waals surface area contributed by atoms with Crippen LogP contribution in [0.4, 0.5) is 0 Å². The predicted molar refractivity (Wildman–Crippen MR) is 44.3 cm³/mol. The van der Waals surface area contributed by atoms with Gasteiger partial charge in [-0.25, -0.2) is 0 Å². The van der Waals surface area contributed by atoms with E-state index in [0.717, 1.165) is 25.9 Å². The minimum atomic E-state index is -2.45. The van der Waals surface area contributed by atoms with Crippen LogP contribution in [0.25, 0.3) is 0 Å². The molecule has 0 spiro atoms. The van der Waals surface area contributed by atoms with E-state index in [2.05, 4.69) is 4.62 Å². The van der Waals surface area contributed by atoms with Crippen LogP contribution in [-0.4, -0.2) is 60.8 Å². The van der Waals surface area contributed by atoms with E-state index in [1.165, 1.54) is 6.42 Å². The zero-order valence-corrected chi connectivity index (χ0v) is 9.50. The van der Waals surface area contributed by atoms with E-state index in [0.29, 0.717) is 0 Å². The summed E-state index contributed by atoms with van der Waals surface area (Å²) in [5, 5.41) is 1.56. The van der Waals surface area contributed by atoms with Crippen LogP contribution in [0.1, 0.15) is 22.1 Å². The molecule has 0 bridgehead atoms. The Labute approximate surface area is 99.8 Å². The molecule has 0 radical (unpaired) electrons. The first-order valence-electron chi connectivity index (χ1n) is 3.38. The molecule has 1 saturated heterocycles. The van der Waals surface area contributed by atoms with Gasteiger partial charge in [0.15, 0.2) is 0 Å². The van der Waals surface area contributed by atoms with Gasteiger partial charge < -0.3 is 2.85 Å². The van der Waals surface area contributed by atoms with Gasteiger partial charge >= 0.3 is 46.0 Å². The summed E-state index contributed by atoms with van der Waals surface area (Å²) in [6, 6.07) is 0. The van der Waals surface area contributed by atoms with Gasteiger partial charge in [0, 0.05) is 17.7 Å². The second kappa shape index (κ2) is 6.72. The van der Waals surface area contributed by atoms with Crippen LogP contribution in [0, 0.1) is 0 Å². The molecule has 0 aromatic heterocycles. The van der Waals surface area contributed by atoms with E-state index in [1.807, 2.05) is 0 Å². The first kappa shape index (κ1) is 12.2. The molecular formula is C5H13CaNO3P+. The predicted octanol–water partition coefficient (Wildman–Crippen LogP) is 0.898. The zero-order valence-electron chi connectivity index (χ0n) is 8.40. The van der Waals surface area contributed by atoms with Crippen molar-refractivity contribution in [3.63, 3.8) is 0 Å². The minimum absolute atomic E-state index is 0. The average Bonchev–Trinajstić information content (AvgIpc) is 1.88. The van der Waals surface area contributed by atoms with Crippen LogP contribution >= 0.6 is 8.25 Å². The number of hydroxylamine groups is 2. The van der Waals surface area contributed by atoms with Crippen molar-refractivity contribution < 1.29 is 16.9 Å². The number of nitrogens with zero attached hydrogens (tertiary/aromatic N) is 1. The number of hydrogen-bond acceptors (Lipinski definition) is 3. The third kappa shape index (κ3) is 5.47. The van der Waals surface area contributed by atoms with Gasteiger partial charge in [-0.1, -0.05) is 6.42 Å². The summed E-state index contributed by atoms with van der Waals surface area (Å²) in [6.45, 7) is 1.56. The molecule has 1 unspecified atom stereocenters. The Bertz CT molecular complexity index is 137. The molecule has 1 aliphatic rings. The van der Waals surface area contributed by atoms with E-state index in [4.69, 9.17) is 4.89 Å². The van der Waals surface area contributed by atoms with E-state index in [1.54, 1.807) is 5.06 Å². The SMILES string of the molecule is O=[P+](O)ON1CCCCC1.[Ca+2].[H-].[H-]. The van der Waals surface area contributed by atoms with E-state index < -0.39 is 8.25 Å². The van der Waals surface area contributed by atoms with Gasteiger partial charge in [-0.2, -0.15) is 0 Å². The standard InChI is InChI=1S/C5H10NO3P.Ca.2H/c7-10(8)9-6-4-2-1-3-5-6;;;/h1-5H2;;;/q;+2;2*-1/p+1. The van der Waals surface area contributed by atoms with Crippen molar-refractivity contribution in [2.24, 2.45) is 0 Å². The largest absolute Gasteiger partial charge is 2.00 e. The van der Waals surface area contributed by atoms with Crippen molar-refractivity contribution in [2.45, 2.75) is 19.3 Å². The molecule has 1 rings (SSSR count). The second-order valence-electron chi connectivity index (χ2n) is 2.31. The quantitative estimate of drug-likeness (QED) is 0.538. The first-order chi connectivity index (χ1) is 4.79. The molecule has 0 saturated carbocycles. The molecule has 1 fully saturated rings. The summed E-state index contributed by atoms with van der Waals surface area (Å²) < 4.78 is 14.7. The number of piperidine rings is 1. The smallest absolute Gasteiger partial charge is 1.00 e. The fourth-order valence-corrected chi connectivity index (χ4v) is 1.41. The molecule has 6 heteroatoms. The molecular weight excluding hydrogens is 193 g/mol. The molecule has 4 nitrogen and oxygen atoms in total. The van der Waals surface area contributed by atoms with Crippen molar-refractivity contribution >= 4 is 46.0 Å². The third-order valence-corrected chi connectivity index (χ3v) is 1.87. The summed E-state index contributed by atoms with van der Waals surface area (Å²) >= 11 is 0. The van der Waals surface area contributed by atoms with Crippen molar-refractivity contribution in [2.75, 3.05) is 13.1 Å². The molecule has 0 aliphatic carbocycles. The Hall–Kier alpha value is 1.24. The third-order valence-electron chi connectivity index (χ3n) is 1.50. The van der Waals surface area contributed by atoms with Crippen molar-refractivity contribution in [3.8, 4) is 0 Å². The summed E-state index contributed by atoms with van der Waals surface area (Å²) in [4.78, 5) is 8.35. The second-order valence-corrected chi connectivity index (χ2v) is 2.95. The normalized spacial score (nSPS) is 20.6. The Kier molecular flexibility index (Phi) is 7.48. The van der Waals surface area contributed by atoms with Gasteiger partial charge in [-0.3, -0.25) is 0 Å². The number of hydrogen-bond donors (Lipinski definition) is 1. The Morgan fingerprint density at radius 3 is 2.36 bits per heavy atom. The van der Waals surface area contributed by atoms with Crippen molar-refractivity contribution in [1.29, 1.82) is 0 Å². The minimum Gasteiger partial charge on any atom is -1.00 e. The summed E-state index contributed by atoms with van der Waals surface area (Å²) in [5.41, 5.74) is 0. The van der Waals surface area contributed by atoms with Crippen molar-refractivity contribution in [3.05, 3.63) is 0 Å². The van der Waals surface area contributed by atoms with Crippen LogP contribution in [0.15, 0.2) is 0 Å². The van der Waals surface area contributed by atoms with E-state index in [-0.39, 0.29) is 40.6 Å². The van der Waals surface area contributed by atoms with E-state index in [9.17, 15) is 4.57 Å². The van der Waals surface area contributed by atoms with Gasteiger partial charge in [0.2, 0.25) is 0 Å². The van der Waals surface area contributed by atoms with Gasteiger partial charge in [0.25, 0.3) is 0 Å². The molecule has 1 aliphatic heterocycles. The van der Waals surface area contributed by atoms with Crippen molar-refractivity contribution in [1.82, 2.24) is 5.06 Å². The molecule has 11 heavy (non-hydrogen) atoms. The van der Waals surface area contributed by atoms with Crippen LogP contribution in [0.2, 0.25) is 0 Å². The average molecular weight is 206 g/mol. The number of rotatable bonds is 2. The summed E-state index contributed by atoms with van der Waals surface area (Å²) in [7, 11) is -2.45. The van der Waals surface area contributed by atoms with Gasteiger partial charge in [0.1, 0.15) is 0 Å². The fraction of sp³-hybridized carbons (Fsp3) is 1.00.